The Hall–Kier alpha value is -2.01. The van der Waals surface area contributed by atoms with Crippen molar-refractivity contribution in [3.63, 3.8) is 0 Å². The summed E-state index contributed by atoms with van der Waals surface area (Å²) in [4.78, 5) is 27.1. The maximum atomic E-state index is 11.8. The summed E-state index contributed by atoms with van der Waals surface area (Å²) >= 11 is 0. The number of nitrogens with zero attached hydrogens (tertiary/aromatic N) is 2. The molecule has 1 aromatic heterocycles. The van der Waals surface area contributed by atoms with Gasteiger partial charge in [0.1, 0.15) is 36.8 Å². The number of hydrogen-bond acceptors (Lipinski definition) is 9. The largest absolute Gasteiger partial charge is 0.462 e. The van der Waals surface area contributed by atoms with Crippen LogP contribution >= 0.6 is 0 Å². The van der Waals surface area contributed by atoms with Gasteiger partial charge in [-0.2, -0.15) is 4.98 Å². The van der Waals surface area contributed by atoms with Crippen molar-refractivity contribution in [3.05, 3.63) is 22.7 Å². The standard InChI is InChI=1S/C14H22N4O6/c1-6(2)9(16)13(21)23-5-7-10(19)11(20)12(24-7)18-4-3-8(15)17-14(18)22/h3-4,6-7,9-12,19-20H,5,16H2,1-2H3,(H2,15,17,22)/t7-,9-,10-,11+,12-/m1/s1. The molecule has 0 radical (unpaired) electrons. The molecule has 1 aromatic rings. The number of aromatic nitrogens is 2. The van der Waals surface area contributed by atoms with E-state index < -0.39 is 42.2 Å². The quantitative estimate of drug-likeness (QED) is 0.442. The molecule has 1 fully saturated rings. The molecular formula is C14H22N4O6. The molecule has 10 nitrogen and oxygen atoms in total. The number of hydrogen-bond donors (Lipinski definition) is 4. The maximum absolute atomic E-state index is 11.8. The molecule has 1 aliphatic heterocycles. The van der Waals surface area contributed by atoms with Crippen LogP contribution in [0.5, 0.6) is 0 Å². The fourth-order valence-electron chi connectivity index (χ4n) is 2.25. The second kappa shape index (κ2) is 7.26. The Morgan fingerprint density at radius 3 is 2.71 bits per heavy atom. The number of carbonyl (C=O) groups excluding carboxylic acids is 1. The first-order chi connectivity index (χ1) is 11.2. The highest BCUT2D eigenvalue weighted by molar-refractivity contribution is 5.75. The van der Waals surface area contributed by atoms with Crippen LogP contribution in [0.4, 0.5) is 5.82 Å². The molecule has 1 saturated heterocycles. The smallest absolute Gasteiger partial charge is 0.351 e. The van der Waals surface area contributed by atoms with Crippen molar-refractivity contribution in [3.8, 4) is 0 Å². The summed E-state index contributed by atoms with van der Waals surface area (Å²) in [6, 6.07) is 0.562. The molecule has 0 bridgehead atoms. The topological polar surface area (TPSA) is 163 Å². The maximum Gasteiger partial charge on any atom is 0.351 e. The zero-order valence-electron chi connectivity index (χ0n) is 13.4. The van der Waals surface area contributed by atoms with Gasteiger partial charge in [0, 0.05) is 6.20 Å². The highest BCUT2D eigenvalue weighted by Crippen LogP contribution is 2.28. The number of aliphatic hydroxyl groups is 2. The van der Waals surface area contributed by atoms with E-state index in [4.69, 9.17) is 20.9 Å². The molecule has 6 N–H and O–H groups in total. The molecule has 2 rings (SSSR count). The van der Waals surface area contributed by atoms with Gasteiger partial charge >= 0.3 is 11.7 Å². The predicted octanol–water partition coefficient (Wildman–Crippen LogP) is -2.03. The molecule has 0 aromatic carbocycles. The van der Waals surface area contributed by atoms with Gasteiger partial charge in [-0.05, 0) is 12.0 Å². The SMILES string of the molecule is CC(C)[C@@H](N)C(=O)OC[C@H]1O[C@@H](n2ccc(N)nc2=O)[C@@H](O)[C@@H]1O. The average molecular weight is 342 g/mol. The third kappa shape index (κ3) is 3.73. The minimum Gasteiger partial charge on any atom is -0.462 e. The Kier molecular flexibility index (Phi) is 5.54. The molecule has 24 heavy (non-hydrogen) atoms. The zero-order valence-corrected chi connectivity index (χ0v) is 13.4. The Morgan fingerprint density at radius 1 is 1.46 bits per heavy atom. The summed E-state index contributed by atoms with van der Waals surface area (Å²) in [5.74, 6) is -0.716. The molecule has 2 heterocycles. The second-order valence-corrected chi connectivity index (χ2v) is 5.99. The van der Waals surface area contributed by atoms with E-state index >= 15 is 0 Å². The lowest BCUT2D eigenvalue weighted by atomic mass is 10.1. The summed E-state index contributed by atoms with van der Waals surface area (Å²) in [5.41, 5.74) is 10.3. The van der Waals surface area contributed by atoms with Crippen LogP contribution in [0.25, 0.3) is 0 Å². The first-order valence-electron chi connectivity index (χ1n) is 7.51. The van der Waals surface area contributed by atoms with Gasteiger partial charge < -0.3 is 31.2 Å². The second-order valence-electron chi connectivity index (χ2n) is 5.99. The van der Waals surface area contributed by atoms with Crippen LogP contribution in [0.2, 0.25) is 0 Å². The number of rotatable bonds is 5. The molecule has 134 valence electrons. The van der Waals surface area contributed by atoms with Crippen LogP contribution in [-0.4, -0.2) is 56.7 Å². The summed E-state index contributed by atoms with van der Waals surface area (Å²) in [5, 5.41) is 20.1. The van der Waals surface area contributed by atoms with Crippen LogP contribution < -0.4 is 17.2 Å². The van der Waals surface area contributed by atoms with Gasteiger partial charge in [-0.1, -0.05) is 13.8 Å². The van der Waals surface area contributed by atoms with E-state index in [1.165, 1.54) is 12.3 Å². The number of ether oxygens (including phenoxy) is 2. The van der Waals surface area contributed by atoms with Crippen molar-refractivity contribution in [1.82, 2.24) is 9.55 Å². The molecule has 1 aliphatic rings. The Balaban J connectivity index is 2.05. The highest BCUT2D eigenvalue weighted by Gasteiger charge is 2.44. The van der Waals surface area contributed by atoms with E-state index in [0.717, 1.165) is 4.57 Å². The normalized spacial score (nSPS) is 28.1. The first kappa shape index (κ1) is 18.3. The highest BCUT2D eigenvalue weighted by atomic mass is 16.6. The number of carbonyl (C=O) groups is 1. The molecule has 0 spiro atoms. The van der Waals surface area contributed by atoms with E-state index in [9.17, 15) is 19.8 Å². The van der Waals surface area contributed by atoms with Crippen molar-refractivity contribution in [2.75, 3.05) is 12.3 Å². The van der Waals surface area contributed by atoms with Gasteiger partial charge in [0.2, 0.25) is 0 Å². The lowest BCUT2D eigenvalue weighted by Crippen LogP contribution is -2.40. The first-order valence-corrected chi connectivity index (χ1v) is 7.51. The van der Waals surface area contributed by atoms with E-state index in [1.807, 2.05) is 0 Å². The third-order valence-electron chi connectivity index (χ3n) is 3.84. The molecule has 0 saturated carbocycles. The number of esters is 1. The summed E-state index contributed by atoms with van der Waals surface area (Å²) in [6.45, 7) is 3.24. The van der Waals surface area contributed by atoms with Crippen molar-refractivity contribution >= 4 is 11.8 Å². The van der Waals surface area contributed by atoms with Crippen LogP contribution in [0, 0.1) is 5.92 Å². The Labute approximate surface area is 138 Å². The molecular weight excluding hydrogens is 320 g/mol. The molecule has 0 amide bonds. The Bertz CT molecular complexity index is 648. The van der Waals surface area contributed by atoms with Crippen molar-refractivity contribution in [2.24, 2.45) is 11.7 Å². The fourth-order valence-corrected chi connectivity index (χ4v) is 2.25. The van der Waals surface area contributed by atoms with E-state index in [0.29, 0.717) is 0 Å². The number of nitrogen functional groups attached to an aromatic ring is 1. The Morgan fingerprint density at radius 2 is 2.12 bits per heavy atom. The minimum atomic E-state index is -1.39. The van der Waals surface area contributed by atoms with E-state index in [2.05, 4.69) is 4.98 Å². The van der Waals surface area contributed by atoms with Crippen LogP contribution in [0.1, 0.15) is 20.1 Å². The lowest BCUT2D eigenvalue weighted by Gasteiger charge is -2.18. The number of anilines is 1. The summed E-state index contributed by atoms with van der Waals surface area (Å²) < 4.78 is 11.5. The minimum absolute atomic E-state index is 0.0254. The van der Waals surface area contributed by atoms with Gasteiger partial charge in [-0.15, -0.1) is 0 Å². The van der Waals surface area contributed by atoms with Crippen LogP contribution in [0.3, 0.4) is 0 Å². The molecule has 10 heteroatoms. The van der Waals surface area contributed by atoms with Crippen LogP contribution in [-0.2, 0) is 14.3 Å². The van der Waals surface area contributed by atoms with E-state index in [1.54, 1.807) is 13.8 Å². The summed E-state index contributed by atoms with van der Waals surface area (Å²) in [6.07, 6.45) is -3.60. The van der Waals surface area contributed by atoms with Crippen molar-refractivity contribution in [2.45, 2.75) is 44.4 Å². The fraction of sp³-hybridized carbons (Fsp3) is 0.643. The van der Waals surface area contributed by atoms with E-state index in [-0.39, 0.29) is 18.3 Å². The summed E-state index contributed by atoms with van der Waals surface area (Å²) in [7, 11) is 0. The van der Waals surface area contributed by atoms with Gasteiger partial charge in [0.05, 0.1) is 0 Å². The zero-order chi connectivity index (χ0) is 18.0. The van der Waals surface area contributed by atoms with Gasteiger partial charge in [0.15, 0.2) is 6.23 Å². The van der Waals surface area contributed by atoms with Crippen LogP contribution in [0.15, 0.2) is 17.1 Å². The average Bonchev–Trinajstić information content (AvgIpc) is 2.80. The number of nitrogens with two attached hydrogens (primary N) is 2. The third-order valence-corrected chi connectivity index (χ3v) is 3.84. The van der Waals surface area contributed by atoms with Gasteiger partial charge in [-0.3, -0.25) is 9.36 Å². The van der Waals surface area contributed by atoms with Crippen molar-refractivity contribution in [1.29, 1.82) is 0 Å². The monoisotopic (exact) mass is 342 g/mol. The van der Waals surface area contributed by atoms with Gasteiger partial charge in [0.25, 0.3) is 0 Å². The van der Waals surface area contributed by atoms with Crippen molar-refractivity contribution < 1.29 is 24.5 Å². The lowest BCUT2D eigenvalue weighted by molar-refractivity contribution is -0.152. The molecule has 5 atom stereocenters. The number of aliphatic hydroxyl groups excluding tert-OH is 2. The van der Waals surface area contributed by atoms with Gasteiger partial charge in [-0.25, -0.2) is 4.79 Å². The molecule has 0 unspecified atom stereocenters. The predicted molar refractivity (Wildman–Crippen MR) is 82.6 cm³/mol. The molecule has 0 aliphatic carbocycles.